The van der Waals surface area contributed by atoms with Gasteiger partial charge in [0.05, 0.1) is 63.9 Å². The van der Waals surface area contributed by atoms with Crippen molar-refractivity contribution in [3.8, 4) is 51.4 Å². The Labute approximate surface area is 625 Å². The molecule has 12 rings (SSSR count). The molecule has 20 nitrogen and oxygen atoms in total. The summed E-state index contributed by atoms with van der Waals surface area (Å²) in [6.45, 7) is 9.41. The van der Waals surface area contributed by atoms with Crippen molar-refractivity contribution in [1.29, 1.82) is 0 Å². The van der Waals surface area contributed by atoms with Crippen molar-refractivity contribution in [2.75, 3.05) is 49.1 Å². The Morgan fingerprint density at radius 2 is 0.906 bits per heavy atom. The number of benzene rings is 6. The summed E-state index contributed by atoms with van der Waals surface area (Å²) in [5, 5.41) is 21.3. The van der Waals surface area contributed by atoms with Gasteiger partial charge >= 0.3 is 12.4 Å². The SMILES string of the molecule is COc1cc(C)cc(C(=O)Nc2ncn(-c3ncc(C)cc3Cl)n2)c1.COc1cc(NC(=O)c2ccc(Cl)c(-c3ccccn3)c2)cc(OC)c1.Cc1cc(C(=O)Nc2ncn(-c3ncc(C)cc3Cl)n2)cc(C(F)(F)F)c1.Cc1cc(CCCNc2ccc(Cl)c(-c3ccccn3)c2)cc(C(F)(F)F)c1. The Bertz CT molecular complexity index is 5070. The first-order chi connectivity index (χ1) is 50.5. The maximum absolute atomic E-state index is 12.9. The molecule has 3 amide bonds. The van der Waals surface area contributed by atoms with Gasteiger partial charge in [0.15, 0.2) is 11.6 Å². The molecule has 546 valence electrons. The average molecular weight is 1530 g/mol. The lowest BCUT2D eigenvalue weighted by atomic mass is 10.0. The molecule has 0 saturated carbocycles. The van der Waals surface area contributed by atoms with Gasteiger partial charge in [-0.1, -0.05) is 70.2 Å². The fourth-order valence-electron chi connectivity index (χ4n) is 10.2. The minimum atomic E-state index is -4.55. The number of pyridine rings is 4. The van der Waals surface area contributed by atoms with Crippen LogP contribution in [0.1, 0.15) is 82.0 Å². The van der Waals surface area contributed by atoms with E-state index in [2.05, 4.69) is 61.4 Å². The highest BCUT2D eigenvalue weighted by Crippen LogP contribution is 2.35. The third-order valence-electron chi connectivity index (χ3n) is 15.1. The second-order valence-corrected chi connectivity index (χ2v) is 25.1. The maximum atomic E-state index is 12.9. The number of alkyl halides is 6. The zero-order valence-corrected chi connectivity index (χ0v) is 60.8. The van der Waals surface area contributed by atoms with Gasteiger partial charge in [0.1, 0.15) is 29.9 Å². The Hall–Kier alpha value is -11.5. The van der Waals surface area contributed by atoms with E-state index in [-0.39, 0.29) is 29.3 Å². The van der Waals surface area contributed by atoms with E-state index in [9.17, 15) is 40.7 Å². The molecule has 6 heterocycles. The number of nitrogens with zero attached hydrogens (tertiary/aromatic N) is 10. The van der Waals surface area contributed by atoms with Gasteiger partial charge in [-0.05, 0) is 197 Å². The van der Waals surface area contributed by atoms with Crippen LogP contribution in [0.5, 0.6) is 17.2 Å². The van der Waals surface area contributed by atoms with Gasteiger partial charge in [0, 0.05) is 88.7 Å². The summed E-state index contributed by atoms with van der Waals surface area (Å²) in [4.78, 5) is 62.3. The van der Waals surface area contributed by atoms with E-state index >= 15 is 0 Å². The number of aromatic nitrogens is 10. The zero-order valence-electron chi connectivity index (χ0n) is 57.8. The molecule has 0 saturated heterocycles. The van der Waals surface area contributed by atoms with Crippen LogP contribution in [0.25, 0.3) is 34.2 Å². The number of nitrogens with one attached hydrogen (secondary N) is 4. The van der Waals surface area contributed by atoms with Gasteiger partial charge in [0.25, 0.3) is 17.7 Å². The molecular formula is C76H66Cl4F6N14O6. The van der Waals surface area contributed by atoms with Crippen LogP contribution >= 0.6 is 46.4 Å². The molecule has 0 unspecified atom stereocenters. The Morgan fingerprint density at radius 1 is 0.434 bits per heavy atom. The Balaban J connectivity index is 0.000000164. The van der Waals surface area contributed by atoms with Crippen molar-refractivity contribution in [2.45, 2.75) is 59.8 Å². The lowest BCUT2D eigenvalue weighted by Gasteiger charge is -2.12. The molecule has 0 fully saturated rings. The number of anilines is 4. The van der Waals surface area contributed by atoms with Crippen molar-refractivity contribution in [1.82, 2.24) is 49.5 Å². The van der Waals surface area contributed by atoms with Crippen LogP contribution in [0.3, 0.4) is 0 Å². The van der Waals surface area contributed by atoms with Crippen LogP contribution in [0.2, 0.25) is 20.1 Å². The predicted molar refractivity (Wildman–Crippen MR) is 397 cm³/mol. The van der Waals surface area contributed by atoms with E-state index in [1.807, 2.05) is 81.4 Å². The number of methoxy groups -OCH3 is 3. The number of halogens is 10. The summed E-state index contributed by atoms with van der Waals surface area (Å²) in [5.74, 6) is 1.25. The highest BCUT2D eigenvalue weighted by Gasteiger charge is 2.32. The van der Waals surface area contributed by atoms with Gasteiger partial charge in [-0.15, -0.1) is 10.2 Å². The van der Waals surface area contributed by atoms with Gasteiger partial charge in [-0.2, -0.15) is 45.7 Å². The molecule has 0 aliphatic heterocycles. The van der Waals surface area contributed by atoms with E-state index in [0.29, 0.717) is 113 Å². The summed E-state index contributed by atoms with van der Waals surface area (Å²) in [7, 11) is 4.66. The molecule has 106 heavy (non-hydrogen) atoms. The Morgan fingerprint density at radius 3 is 1.41 bits per heavy atom. The normalized spacial score (nSPS) is 11.0. The molecule has 4 N–H and O–H groups in total. The number of amides is 3. The molecule has 0 atom stereocenters. The fraction of sp³-hybridized carbons (Fsp3) is 0.171. The largest absolute Gasteiger partial charge is 0.497 e. The molecule has 0 bridgehead atoms. The van der Waals surface area contributed by atoms with Crippen molar-refractivity contribution in [3.63, 3.8) is 0 Å². The van der Waals surface area contributed by atoms with Gasteiger partial charge in [0.2, 0.25) is 11.9 Å². The minimum Gasteiger partial charge on any atom is -0.497 e. The lowest BCUT2D eigenvalue weighted by molar-refractivity contribution is -0.138. The van der Waals surface area contributed by atoms with E-state index in [1.54, 1.807) is 120 Å². The number of aryl methyl sites for hydroxylation is 6. The van der Waals surface area contributed by atoms with Crippen LogP contribution in [0.4, 0.5) is 49.6 Å². The first-order valence-corrected chi connectivity index (χ1v) is 33.5. The number of rotatable bonds is 18. The third kappa shape index (κ3) is 22.1. The van der Waals surface area contributed by atoms with Crippen LogP contribution in [-0.2, 0) is 18.8 Å². The Kier molecular flexibility index (Phi) is 26.6. The second-order valence-electron chi connectivity index (χ2n) is 23.5. The topological polar surface area (TPSA) is 240 Å². The molecular weight excluding hydrogens is 1460 g/mol. The molecule has 12 aromatic rings. The van der Waals surface area contributed by atoms with E-state index in [0.717, 1.165) is 45.8 Å². The summed E-state index contributed by atoms with van der Waals surface area (Å²) in [6, 6.07) is 43.0. The summed E-state index contributed by atoms with van der Waals surface area (Å²) < 4.78 is 95.9. The van der Waals surface area contributed by atoms with Crippen molar-refractivity contribution in [3.05, 3.63) is 276 Å². The first-order valence-electron chi connectivity index (χ1n) is 32.0. The van der Waals surface area contributed by atoms with Gasteiger partial charge in [-0.3, -0.25) is 35.0 Å². The predicted octanol–water partition coefficient (Wildman–Crippen LogP) is 18.8. The number of carbonyl (C=O) groups is 3. The van der Waals surface area contributed by atoms with Crippen LogP contribution in [-0.4, -0.2) is 95.1 Å². The highest BCUT2D eigenvalue weighted by molar-refractivity contribution is 6.34. The van der Waals surface area contributed by atoms with Gasteiger partial charge in [-0.25, -0.2) is 9.97 Å². The monoisotopic (exact) mass is 1520 g/mol. The quantitative estimate of drug-likeness (QED) is 0.0461. The molecule has 0 aliphatic rings. The molecule has 30 heteroatoms. The molecule has 6 aromatic heterocycles. The van der Waals surface area contributed by atoms with Crippen molar-refractivity contribution >= 4 is 87.4 Å². The van der Waals surface area contributed by atoms with Crippen LogP contribution < -0.4 is 35.5 Å². The zero-order chi connectivity index (χ0) is 76.4. The maximum Gasteiger partial charge on any atom is 0.416 e. The number of hydrogen-bond acceptors (Lipinski definition) is 15. The summed E-state index contributed by atoms with van der Waals surface area (Å²) in [5.41, 5.74) is 8.11. The van der Waals surface area contributed by atoms with Crippen LogP contribution in [0.15, 0.2) is 195 Å². The number of ether oxygens (including phenoxy) is 3. The average Bonchev–Trinajstić information content (AvgIpc) is 1.68. The molecule has 0 aliphatic carbocycles. The number of hydrogen-bond donors (Lipinski definition) is 4. The molecule has 0 radical (unpaired) electrons. The van der Waals surface area contributed by atoms with Crippen LogP contribution in [0, 0.1) is 34.6 Å². The van der Waals surface area contributed by atoms with Gasteiger partial charge < -0.3 is 24.8 Å². The fourth-order valence-corrected chi connectivity index (χ4v) is 11.2. The third-order valence-corrected chi connectivity index (χ3v) is 16.3. The summed E-state index contributed by atoms with van der Waals surface area (Å²) >= 11 is 24.8. The smallest absolute Gasteiger partial charge is 0.416 e. The van der Waals surface area contributed by atoms with E-state index < -0.39 is 29.4 Å². The molecule has 6 aromatic carbocycles. The minimum absolute atomic E-state index is 0.0893. The van der Waals surface area contributed by atoms with Crippen molar-refractivity contribution in [2.24, 2.45) is 0 Å². The highest BCUT2D eigenvalue weighted by atomic mass is 35.5. The van der Waals surface area contributed by atoms with E-state index in [4.69, 9.17) is 60.6 Å². The standard InChI is InChI=1S/C22H20ClF3N2.C20H17ClN2O3.C17H13ClF3N5O.C17H16ClN5O2/c1-15-11-16(13-17(12-15)22(24,25)26)5-4-10-27-18-7-8-20(23)19(14-18)21-6-2-3-9-28-21;1-25-15-10-14(11-16(12-15)26-2)23-20(24)13-6-7-18(21)17(9-13)19-5-3-4-8-22-19;1-9-3-11(6-12(4-9)17(19,20)21)15(27)24-16-23-8-26(25-16)14-13(18)5-10(2)7-22-14;1-10-4-12(7-13(5-10)25-3)16(24)21-17-20-9-23(22-17)15-14(18)6-11(2)8-19-15/h2-3,6-9,11-14,27H,4-5,10H2,1H3;3-12H,1-2H3,(H,23,24);3-8H,1-2H3,(H,24,25,27);4-9H,1-3H3,(H,21,22,24). The first kappa shape index (κ1) is 78.7. The van der Waals surface area contributed by atoms with E-state index in [1.165, 1.54) is 47.1 Å². The number of carbonyl (C=O) groups excluding carboxylic acids is 3. The molecule has 0 spiro atoms. The second kappa shape index (κ2) is 35.8. The van der Waals surface area contributed by atoms with Crippen molar-refractivity contribution < 1.29 is 54.9 Å². The lowest BCUT2D eigenvalue weighted by Crippen LogP contribution is -2.15. The summed E-state index contributed by atoms with van der Waals surface area (Å²) in [6.07, 6.45) is 1.81.